The van der Waals surface area contributed by atoms with Crippen LogP contribution >= 0.6 is 0 Å². The molecule has 0 aliphatic heterocycles. The third kappa shape index (κ3) is 4.24. The molecule has 0 aromatic carbocycles. The van der Waals surface area contributed by atoms with Crippen molar-refractivity contribution < 1.29 is 4.74 Å². The highest BCUT2D eigenvalue weighted by Crippen LogP contribution is 2.33. The van der Waals surface area contributed by atoms with E-state index in [-0.39, 0.29) is 5.60 Å². The Labute approximate surface area is 113 Å². The molecule has 0 bridgehead atoms. The summed E-state index contributed by atoms with van der Waals surface area (Å²) < 4.78 is 6.47. The molecule has 0 atom stereocenters. The van der Waals surface area contributed by atoms with Gasteiger partial charge in [-0.2, -0.15) is 0 Å². The van der Waals surface area contributed by atoms with Crippen molar-refractivity contribution in [1.82, 2.24) is 5.32 Å². The van der Waals surface area contributed by atoms with E-state index < -0.39 is 0 Å². The van der Waals surface area contributed by atoms with Crippen molar-refractivity contribution in [3.63, 3.8) is 0 Å². The largest absolute Gasteiger partial charge is 0.373 e. The van der Waals surface area contributed by atoms with Crippen LogP contribution in [0.2, 0.25) is 0 Å². The van der Waals surface area contributed by atoms with E-state index in [1.54, 1.807) is 0 Å². The van der Waals surface area contributed by atoms with Crippen LogP contribution in [0, 0.1) is 5.92 Å². The summed E-state index contributed by atoms with van der Waals surface area (Å²) in [5, 5.41) is 3.54. The summed E-state index contributed by atoms with van der Waals surface area (Å²) in [5.41, 5.74) is 0.162. The molecule has 2 rings (SSSR count). The van der Waals surface area contributed by atoms with Gasteiger partial charge in [0.25, 0.3) is 0 Å². The third-order valence-electron chi connectivity index (χ3n) is 4.81. The monoisotopic (exact) mass is 253 g/mol. The van der Waals surface area contributed by atoms with Crippen LogP contribution in [0.3, 0.4) is 0 Å². The summed E-state index contributed by atoms with van der Waals surface area (Å²) in [4.78, 5) is 0. The maximum Gasteiger partial charge on any atom is 0.0806 e. The molecule has 18 heavy (non-hydrogen) atoms. The number of hydrogen-bond donors (Lipinski definition) is 1. The predicted molar refractivity (Wildman–Crippen MR) is 76.9 cm³/mol. The van der Waals surface area contributed by atoms with Crippen molar-refractivity contribution in [3.8, 4) is 0 Å². The molecule has 2 aliphatic carbocycles. The fourth-order valence-corrected chi connectivity index (χ4v) is 3.57. The fraction of sp³-hybridized carbons (Fsp3) is 1.00. The topological polar surface area (TPSA) is 21.3 Å². The average molecular weight is 253 g/mol. The minimum absolute atomic E-state index is 0.162. The van der Waals surface area contributed by atoms with Crippen LogP contribution in [0.5, 0.6) is 0 Å². The summed E-state index contributed by atoms with van der Waals surface area (Å²) in [5.74, 6) is 0.853. The Morgan fingerprint density at radius 1 is 1.00 bits per heavy atom. The standard InChI is InChI=1S/C16H31NO/c1-2-17-14-16(11-7-3-4-8-12-16)18-13-15-9-5-6-10-15/h15,17H,2-14H2,1H3. The normalized spacial score (nSPS) is 25.2. The number of hydrogen-bond acceptors (Lipinski definition) is 2. The Balaban J connectivity index is 1.85. The minimum atomic E-state index is 0.162. The molecule has 0 spiro atoms. The first-order chi connectivity index (χ1) is 8.85. The van der Waals surface area contributed by atoms with Gasteiger partial charge >= 0.3 is 0 Å². The van der Waals surface area contributed by atoms with Gasteiger partial charge in [-0.1, -0.05) is 45.4 Å². The lowest BCUT2D eigenvalue weighted by molar-refractivity contribution is -0.0683. The Morgan fingerprint density at radius 3 is 2.28 bits per heavy atom. The van der Waals surface area contributed by atoms with E-state index in [2.05, 4.69) is 12.2 Å². The molecular formula is C16H31NO. The summed E-state index contributed by atoms with van der Waals surface area (Å²) in [6, 6.07) is 0. The highest BCUT2D eigenvalue weighted by Gasteiger charge is 2.32. The second-order valence-corrected chi connectivity index (χ2v) is 6.34. The minimum Gasteiger partial charge on any atom is -0.373 e. The summed E-state index contributed by atoms with van der Waals surface area (Å²) in [7, 11) is 0. The van der Waals surface area contributed by atoms with Gasteiger partial charge in [0.1, 0.15) is 0 Å². The zero-order chi connectivity index (χ0) is 12.7. The van der Waals surface area contributed by atoms with Gasteiger partial charge in [0.2, 0.25) is 0 Å². The molecular weight excluding hydrogens is 222 g/mol. The Kier molecular flexibility index (Phi) is 5.97. The average Bonchev–Trinajstić information content (AvgIpc) is 2.81. The number of nitrogens with one attached hydrogen (secondary N) is 1. The molecule has 2 heteroatoms. The molecule has 0 saturated heterocycles. The van der Waals surface area contributed by atoms with Crippen molar-refractivity contribution in [2.24, 2.45) is 5.92 Å². The lowest BCUT2D eigenvalue weighted by Gasteiger charge is -2.34. The highest BCUT2D eigenvalue weighted by molar-refractivity contribution is 4.86. The van der Waals surface area contributed by atoms with Gasteiger partial charge < -0.3 is 10.1 Å². The molecule has 2 fully saturated rings. The van der Waals surface area contributed by atoms with E-state index in [0.717, 1.165) is 25.6 Å². The Hall–Kier alpha value is -0.0800. The molecule has 0 aromatic rings. The van der Waals surface area contributed by atoms with Crippen LogP contribution in [0.15, 0.2) is 0 Å². The zero-order valence-electron chi connectivity index (χ0n) is 12.2. The van der Waals surface area contributed by atoms with Crippen LogP contribution in [0.1, 0.15) is 71.1 Å². The van der Waals surface area contributed by atoms with Crippen molar-refractivity contribution in [1.29, 1.82) is 0 Å². The maximum atomic E-state index is 6.47. The van der Waals surface area contributed by atoms with Gasteiger partial charge in [-0.3, -0.25) is 0 Å². The van der Waals surface area contributed by atoms with Crippen LogP contribution in [-0.4, -0.2) is 25.3 Å². The molecule has 0 amide bonds. The first-order valence-corrected chi connectivity index (χ1v) is 8.19. The smallest absolute Gasteiger partial charge is 0.0806 e. The first-order valence-electron chi connectivity index (χ1n) is 8.19. The van der Waals surface area contributed by atoms with Crippen LogP contribution in [-0.2, 0) is 4.74 Å². The third-order valence-corrected chi connectivity index (χ3v) is 4.81. The van der Waals surface area contributed by atoms with Gasteiger partial charge in [0, 0.05) is 6.54 Å². The lowest BCUT2D eigenvalue weighted by Crippen LogP contribution is -2.43. The van der Waals surface area contributed by atoms with E-state index in [1.807, 2.05) is 0 Å². The van der Waals surface area contributed by atoms with Crippen molar-refractivity contribution in [3.05, 3.63) is 0 Å². The quantitative estimate of drug-likeness (QED) is 0.725. The summed E-state index contributed by atoms with van der Waals surface area (Å²) in [6.07, 6.45) is 13.7. The molecule has 1 N–H and O–H groups in total. The zero-order valence-corrected chi connectivity index (χ0v) is 12.2. The second kappa shape index (κ2) is 7.49. The molecule has 106 valence electrons. The van der Waals surface area contributed by atoms with Gasteiger partial charge in [-0.15, -0.1) is 0 Å². The van der Waals surface area contributed by atoms with Crippen molar-refractivity contribution >= 4 is 0 Å². The van der Waals surface area contributed by atoms with Gasteiger partial charge in [0.05, 0.1) is 12.2 Å². The summed E-state index contributed by atoms with van der Waals surface area (Å²) >= 11 is 0. The molecule has 2 aliphatic rings. The van der Waals surface area contributed by atoms with Crippen molar-refractivity contribution in [2.45, 2.75) is 76.7 Å². The second-order valence-electron chi connectivity index (χ2n) is 6.34. The molecule has 0 unspecified atom stereocenters. The molecule has 2 nitrogen and oxygen atoms in total. The SMILES string of the molecule is CCNCC1(OCC2CCCC2)CCCCCC1. The fourth-order valence-electron chi connectivity index (χ4n) is 3.57. The van der Waals surface area contributed by atoms with Crippen LogP contribution in [0.4, 0.5) is 0 Å². The van der Waals surface area contributed by atoms with E-state index in [1.165, 1.54) is 64.2 Å². The number of rotatable bonds is 6. The molecule has 0 radical (unpaired) electrons. The molecule has 2 saturated carbocycles. The van der Waals surface area contributed by atoms with E-state index in [0.29, 0.717) is 0 Å². The first kappa shape index (κ1) is 14.3. The molecule has 0 heterocycles. The number of likely N-dealkylation sites (N-methyl/N-ethyl adjacent to an activating group) is 1. The van der Waals surface area contributed by atoms with Crippen LogP contribution in [0.25, 0.3) is 0 Å². The summed E-state index contributed by atoms with van der Waals surface area (Å²) in [6.45, 7) is 5.34. The Bertz CT molecular complexity index is 215. The predicted octanol–water partition coefficient (Wildman–Crippen LogP) is 3.90. The van der Waals surface area contributed by atoms with Crippen LogP contribution < -0.4 is 5.32 Å². The molecule has 0 aromatic heterocycles. The highest BCUT2D eigenvalue weighted by atomic mass is 16.5. The van der Waals surface area contributed by atoms with Gasteiger partial charge in [0.15, 0.2) is 0 Å². The van der Waals surface area contributed by atoms with Crippen molar-refractivity contribution in [2.75, 3.05) is 19.7 Å². The number of ether oxygens (including phenoxy) is 1. The van der Waals surface area contributed by atoms with E-state index >= 15 is 0 Å². The van der Waals surface area contributed by atoms with Gasteiger partial charge in [-0.05, 0) is 38.1 Å². The van der Waals surface area contributed by atoms with Gasteiger partial charge in [-0.25, -0.2) is 0 Å². The Morgan fingerprint density at radius 2 is 1.67 bits per heavy atom. The maximum absolute atomic E-state index is 6.47. The van der Waals surface area contributed by atoms with E-state index in [4.69, 9.17) is 4.74 Å². The lowest BCUT2D eigenvalue weighted by atomic mass is 9.93. The van der Waals surface area contributed by atoms with E-state index in [9.17, 15) is 0 Å².